The van der Waals surface area contributed by atoms with Crippen LogP contribution in [0.3, 0.4) is 0 Å². The molecule has 68 heavy (non-hydrogen) atoms. The third kappa shape index (κ3) is 11.8. The van der Waals surface area contributed by atoms with Crippen molar-refractivity contribution in [3.8, 4) is 11.5 Å². The molecule has 13 heteroatoms. The van der Waals surface area contributed by atoms with Crippen molar-refractivity contribution < 1.29 is 39.2 Å². The lowest BCUT2D eigenvalue weighted by atomic mass is 9.86. The van der Waals surface area contributed by atoms with Crippen molar-refractivity contribution >= 4 is 28.7 Å². The summed E-state index contributed by atoms with van der Waals surface area (Å²) in [6, 6.07) is 39.3. The third-order valence-electron chi connectivity index (χ3n) is 13.5. The van der Waals surface area contributed by atoms with Gasteiger partial charge >= 0.3 is 5.97 Å². The van der Waals surface area contributed by atoms with E-state index in [-0.39, 0.29) is 53.7 Å². The van der Waals surface area contributed by atoms with Gasteiger partial charge in [0.15, 0.2) is 6.61 Å². The van der Waals surface area contributed by atoms with Gasteiger partial charge in [-0.3, -0.25) is 19.3 Å². The summed E-state index contributed by atoms with van der Waals surface area (Å²) in [6.07, 6.45) is 4.31. The number of H-pyrrole nitrogens is 1. The van der Waals surface area contributed by atoms with Crippen LogP contribution in [0.1, 0.15) is 82.8 Å². The van der Waals surface area contributed by atoms with Crippen molar-refractivity contribution in [3.05, 3.63) is 177 Å². The number of carbonyl (C=O) groups excluding carboxylic acids is 3. The molecule has 0 saturated carbocycles. The van der Waals surface area contributed by atoms with E-state index in [2.05, 4.69) is 27.3 Å². The molecular weight excluding hydrogens is 861 g/mol. The Hall–Kier alpha value is -6.80. The quantitative estimate of drug-likeness (QED) is 0.0562. The third-order valence-corrected chi connectivity index (χ3v) is 13.5. The van der Waals surface area contributed by atoms with Crippen LogP contribution in [0.2, 0.25) is 0 Å². The topological polar surface area (TPSA) is 182 Å². The largest absolute Gasteiger partial charge is 0.506 e. The van der Waals surface area contributed by atoms with Crippen LogP contribution in [0.5, 0.6) is 11.5 Å². The van der Waals surface area contributed by atoms with E-state index in [1.54, 1.807) is 77.7 Å². The van der Waals surface area contributed by atoms with Crippen LogP contribution in [-0.2, 0) is 32.9 Å². The zero-order valence-corrected chi connectivity index (χ0v) is 38.2. The summed E-state index contributed by atoms with van der Waals surface area (Å²) in [6.45, 7) is 4.24. The Labute approximate surface area is 396 Å². The van der Waals surface area contributed by atoms with Crippen molar-refractivity contribution in [1.29, 1.82) is 0 Å². The highest BCUT2D eigenvalue weighted by Gasteiger charge is 2.42. The molecule has 2 aliphatic rings. The molecule has 1 aromatic heterocycles. The van der Waals surface area contributed by atoms with E-state index in [1.807, 2.05) is 36.4 Å². The average molecular weight is 921 g/mol. The summed E-state index contributed by atoms with van der Waals surface area (Å²) in [5, 5.41) is 36.9. The van der Waals surface area contributed by atoms with E-state index in [9.17, 15) is 34.5 Å². The lowest BCUT2D eigenvalue weighted by Gasteiger charge is -2.33. The monoisotopic (exact) mass is 920 g/mol. The van der Waals surface area contributed by atoms with Crippen LogP contribution >= 0.6 is 0 Å². The zero-order chi connectivity index (χ0) is 47.5. The van der Waals surface area contributed by atoms with Gasteiger partial charge in [0.1, 0.15) is 11.5 Å². The lowest BCUT2D eigenvalue weighted by Crippen LogP contribution is -2.43. The van der Waals surface area contributed by atoms with Crippen molar-refractivity contribution in [2.24, 2.45) is 11.8 Å². The van der Waals surface area contributed by atoms with Crippen molar-refractivity contribution in [1.82, 2.24) is 20.1 Å². The number of piperidine rings is 2. The van der Waals surface area contributed by atoms with Crippen LogP contribution < -0.4 is 15.6 Å². The first kappa shape index (κ1) is 47.7. The number of aromatic nitrogens is 1. The molecule has 13 nitrogen and oxygen atoms in total. The maximum Gasteiger partial charge on any atom is 0.347 e. The van der Waals surface area contributed by atoms with Gasteiger partial charge < -0.3 is 40.0 Å². The molecule has 8 rings (SSSR count). The minimum absolute atomic E-state index is 0.0482. The van der Waals surface area contributed by atoms with Gasteiger partial charge in [-0.25, -0.2) is 4.79 Å². The van der Waals surface area contributed by atoms with Crippen LogP contribution in [0.15, 0.2) is 138 Å². The molecule has 2 saturated heterocycles. The Kier molecular flexibility index (Phi) is 15.7. The smallest absolute Gasteiger partial charge is 0.347 e. The SMILES string of the molecule is O=C(NCC1CCN(C(=O)COc2cccc([C@](O)(C(=O)OCC3CCN(Cc4ccccc4)CC3)c3ccccc3)c2)CC1)c1ccc(CCC[C@H](O)c2ccc(O)c3[nH]c(=O)ccc23)cc1. The number of ether oxygens (including phenoxy) is 2. The number of aromatic amines is 1. The average Bonchev–Trinajstić information content (AvgIpc) is 3.38. The minimum atomic E-state index is -2.09. The fourth-order valence-electron chi connectivity index (χ4n) is 9.33. The number of nitrogens with one attached hydrogen (secondary N) is 2. The molecule has 0 aliphatic carbocycles. The van der Waals surface area contributed by atoms with Crippen molar-refractivity contribution in [2.75, 3.05) is 45.9 Å². The number of aliphatic hydroxyl groups is 2. The van der Waals surface area contributed by atoms with Crippen LogP contribution in [-0.4, -0.2) is 93.8 Å². The molecule has 354 valence electrons. The number of nitrogens with zero attached hydrogens (tertiary/aromatic N) is 2. The molecule has 0 unspecified atom stereocenters. The predicted octanol–water partition coefficient (Wildman–Crippen LogP) is 7.03. The number of esters is 1. The van der Waals surface area contributed by atoms with Gasteiger partial charge in [0, 0.05) is 48.8 Å². The predicted molar refractivity (Wildman–Crippen MR) is 259 cm³/mol. The molecule has 2 atom stereocenters. The highest BCUT2D eigenvalue weighted by molar-refractivity contribution is 5.94. The number of rotatable bonds is 18. The molecule has 2 amide bonds. The Balaban J connectivity index is 0.762. The highest BCUT2D eigenvalue weighted by atomic mass is 16.5. The number of fused-ring (bicyclic) bond motifs is 1. The summed E-state index contributed by atoms with van der Waals surface area (Å²) in [5.41, 5.74) is 2.04. The lowest BCUT2D eigenvalue weighted by molar-refractivity contribution is -0.164. The summed E-state index contributed by atoms with van der Waals surface area (Å²) in [7, 11) is 0. The number of phenols is 1. The number of aliphatic hydroxyl groups excluding tert-OH is 1. The van der Waals surface area contributed by atoms with E-state index < -0.39 is 17.7 Å². The summed E-state index contributed by atoms with van der Waals surface area (Å²) < 4.78 is 11.9. The number of aryl methyl sites for hydroxylation is 1. The number of amides is 2. The summed E-state index contributed by atoms with van der Waals surface area (Å²) >= 11 is 0. The molecule has 6 aromatic rings. The zero-order valence-electron chi connectivity index (χ0n) is 38.2. The molecule has 3 heterocycles. The molecule has 0 bridgehead atoms. The Morgan fingerprint density at radius 3 is 2.19 bits per heavy atom. The molecular formula is C55H60N4O9. The van der Waals surface area contributed by atoms with Crippen LogP contribution in [0.4, 0.5) is 0 Å². The van der Waals surface area contributed by atoms with Gasteiger partial charge in [-0.15, -0.1) is 0 Å². The van der Waals surface area contributed by atoms with Gasteiger partial charge in [0.25, 0.3) is 11.8 Å². The van der Waals surface area contributed by atoms with Gasteiger partial charge in [0.05, 0.1) is 18.2 Å². The molecule has 0 spiro atoms. The van der Waals surface area contributed by atoms with Crippen LogP contribution in [0, 0.1) is 11.8 Å². The second-order valence-corrected chi connectivity index (χ2v) is 18.1. The molecule has 2 aliphatic heterocycles. The number of phenolic OH excluding ortho intramolecular Hbond substituents is 1. The number of hydrogen-bond donors (Lipinski definition) is 5. The molecule has 0 radical (unpaired) electrons. The fraction of sp³-hybridized carbons (Fsp3) is 0.345. The van der Waals surface area contributed by atoms with E-state index >= 15 is 0 Å². The van der Waals surface area contributed by atoms with Crippen molar-refractivity contribution in [3.63, 3.8) is 0 Å². The fourth-order valence-corrected chi connectivity index (χ4v) is 9.33. The van der Waals surface area contributed by atoms with E-state index in [0.717, 1.165) is 50.9 Å². The van der Waals surface area contributed by atoms with Crippen molar-refractivity contribution in [2.45, 2.75) is 63.2 Å². The standard InChI is InChI=1S/C55H60N4O9/c60-48(46-21-23-49(61)52-47(46)22-24-50(62)57-52)16-7-11-38-17-19-42(20-18-38)53(64)56-34-39-27-31-59(32-28-39)51(63)37-67-45-15-8-14-44(33-45)55(66,43-12-5-2-6-13-43)54(65)68-36-41-25-29-58(30-26-41)35-40-9-3-1-4-10-40/h1-6,8-10,12-15,17-24,33,39,41,48,60-61,66H,7,11,16,25-32,34-37H2,(H,56,64)(H,57,62)/t48-,55-/m0/s1. The minimum Gasteiger partial charge on any atom is -0.506 e. The van der Waals surface area contributed by atoms with Crippen LogP contribution in [0.25, 0.3) is 10.9 Å². The van der Waals surface area contributed by atoms with Gasteiger partial charge in [-0.05, 0) is 129 Å². The number of aromatic hydroxyl groups is 1. The Bertz CT molecular complexity index is 2700. The molecule has 5 aromatic carbocycles. The van der Waals surface area contributed by atoms with E-state index in [4.69, 9.17) is 9.47 Å². The highest BCUT2D eigenvalue weighted by Crippen LogP contribution is 2.35. The first-order valence-corrected chi connectivity index (χ1v) is 23.7. The maximum absolute atomic E-state index is 13.9. The summed E-state index contributed by atoms with van der Waals surface area (Å²) in [4.78, 5) is 58.8. The second-order valence-electron chi connectivity index (χ2n) is 18.1. The van der Waals surface area contributed by atoms with Gasteiger partial charge in [0.2, 0.25) is 11.2 Å². The van der Waals surface area contributed by atoms with E-state index in [0.29, 0.717) is 72.2 Å². The number of benzene rings is 5. The number of hydrogen-bond acceptors (Lipinski definition) is 10. The second kappa shape index (κ2) is 22.3. The van der Waals surface area contributed by atoms with E-state index in [1.165, 1.54) is 17.7 Å². The first-order valence-electron chi connectivity index (χ1n) is 23.7. The summed E-state index contributed by atoms with van der Waals surface area (Å²) in [5.74, 6) is -0.414. The maximum atomic E-state index is 13.9. The first-order chi connectivity index (χ1) is 33.0. The molecule has 2 fully saturated rings. The Morgan fingerprint density at radius 2 is 1.46 bits per heavy atom. The number of carbonyl (C=O) groups is 3. The van der Waals surface area contributed by atoms with Gasteiger partial charge in [-0.1, -0.05) is 91.0 Å². The number of likely N-dealkylation sites (tertiary alicyclic amines) is 2. The Morgan fingerprint density at radius 1 is 0.765 bits per heavy atom. The van der Waals surface area contributed by atoms with Gasteiger partial charge in [-0.2, -0.15) is 0 Å². The molecule has 5 N–H and O–H groups in total. The normalized spacial score (nSPS) is 16.2. The number of pyridine rings is 1.